The van der Waals surface area contributed by atoms with Crippen LogP contribution in [0.1, 0.15) is 48.1 Å². The molecule has 7 nitrogen and oxygen atoms in total. The lowest BCUT2D eigenvalue weighted by Crippen LogP contribution is -2.34. The summed E-state index contributed by atoms with van der Waals surface area (Å²) in [4.78, 5) is 29.2. The van der Waals surface area contributed by atoms with Gasteiger partial charge in [-0.25, -0.2) is 14.6 Å². The van der Waals surface area contributed by atoms with Gasteiger partial charge in [-0.15, -0.1) is 0 Å². The fraction of sp³-hybridized carbons (Fsp3) is 0.292. The van der Waals surface area contributed by atoms with Gasteiger partial charge in [-0.3, -0.25) is 0 Å². The van der Waals surface area contributed by atoms with E-state index in [1.54, 1.807) is 30.5 Å². The molecule has 0 fully saturated rings. The minimum Gasteiger partial charge on any atom is -0.451 e. The first-order chi connectivity index (χ1) is 14.9. The van der Waals surface area contributed by atoms with E-state index in [-0.39, 0.29) is 12.1 Å². The van der Waals surface area contributed by atoms with Crippen molar-refractivity contribution in [2.45, 2.75) is 38.8 Å². The summed E-state index contributed by atoms with van der Waals surface area (Å²) < 4.78 is 7.72. The van der Waals surface area contributed by atoms with Crippen LogP contribution in [0.25, 0.3) is 0 Å². The van der Waals surface area contributed by atoms with Crippen molar-refractivity contribution in [2.75, 3.05) is 5.32 Å². The molecule has 1 unspecified atom stereocenters. The van der Waals surface area contributed by atoms with Gasteiger partial charge >= 0.3 is 12.0 Å². The Morgan fingerprint density at radius 1 is 1.10 bits per heavy atom. The van der Waals surface area contributed by atoms with E-state index in [0.29, 0.717) is 23.5 Å². The maximum atomic E-state index is 12.9. The van der Waals surface area contributed by atoms with Crippen molar-refractivity contribution in [1.82, 2.24) is 14.9 Å². The van der Waals surface area contributed by atoms with Gasteiger partial charge in [0.1, 0.15) is 5.82 Å². The van der Waals surface area contributed by atoms with Gasteiger partial charge < -0.3 is 19.9 Å². The molecule has 0 bridgehead atoms. The lowest BCUT2D eigenvalue weighted by Gasteiger charge is -2.18. The number of benzene rings is 2. The third-order valence-corrected chi connectivity index (χ3v) is 4.71. The third kappa shape index (κ3) is 6.44. The van der Waals surface area contributed by atoms with Crippen LogP contribution in [0.5, 0.6) is 0 Å². The minimum absolute atomic E-state index is 0.0105. The third-order valence-electron chi connectivity index (χ3n) is 4.71. The Bertz CT molecular complexity index is 1010. The summed E-state index contributed by atoms with van der Waals surface area (Å²) in [5, 5.41) is 5.48. The van der Waals surface area contributed by atoms with E-state index in [9.17, 15) is 9.59 Å². The summed E-state index contributed by atoms with van der Waals surface area (Å²) in [6, 6.07) is 16.5. The molecule has 1 aromatic heterocycles. The first kappa shape index (κ1) is 22.1. The summed E-state index contributed by atoms with van der Waals surface area (Å²) in [6.07, 6.45) is 4.39. The van der Waals surface area contributed by atoms with E-state index in [4.69, 9.17) is 4.74 Å². The van der Waals surface area contributed by atoms with Crippen molar-refractivity contribution in [1.29, 1.82) is 0 Å². The SMILES string of the molecule is CC(C)NC(=O)Nc1cccc(C(=O)OC(CCc2ccccc2)c2nccn2C)c1. The quantitative estimate of drug-likeness (QED) is 0.526. The predicted octanol–water partition coefficient (Wildman–Crippen LogP) is 4.48. The van der Waals surface area contributed by atoms with E-state index >= 15 is 0 Å². The highest BCUT2D eigenvalue weighted by atomic mass is 16.5. The molecule has 0 saturated heterocycles. The molecule has 2 N–H and O–H groups in total. The Morgan fingerprint density at radius 2 is 1.87 bits per heavy atom. The lowest BCUT2D eigenvalue weighted by atomic mass is 10.1. The number of carbonyl (C=O) groups excluding carboxylic acids is 2. The van der Waals surface area contributed by atoms with E-state index in [1.807, 2.05) is 49.9 Å². The Balaban J connectivity index is 1.72. The number of imidazole rings is 1. The van der Waals surface area contributed by atoms with Crippen molar-refractivity contribution < 1.29 is 14.3 Å². The van der Waals surface area contributed by atoms with Gasteiger partial charge in [0.25, 0.3) is 0 Å². The Kier molecular flexibility index (Phi) is 7.43. The second kappa shape index (κ2) is 10.4. The predicted molar refractivity (Wildman–Crippen MR) is 120 cm³/mol. The number of nitrogens with one attached hydrogen (secondary N) is 2. The van der Waals surface area contributed by atoms with Crippen LogP contribution in [-0.2, 0) is 18.2 Å². The van der Waals surface area contributed by atoms with Crippen LogP contribution in [0.15, 0.2) is 67.0 Å². The van der Waals surface area contributed by atoms with Crippen LogP contribution in [0, 0.1) is 0 Å². The van der Waals surface area contributed by atoms with Crippen LogP contribution in [0.3, 0.4) is 0 Å². The molecule has 3 rings (SSSR count). The molecule has 0 saturated carbocycles. The molecular formula is C24H28N4O3. The molecule has 162 valence electrons. The molecule has 0 aliphatic carbocycles. The maximum absolute atomic E-state index is 12.9. The summed E-state index contributed by atoms with van der Waals surface area (Å²) in [7, 11) is 1.88. The Morgan fingerprint density at radius 3 is 2.55 bits per heavy atom. The molecule has 31 heavy (non-hydrogen) atoms. The highest BCUT2D eigenvalue weighted by Gasteiger charge is 2.22. The second-order valence-electron chi connectivity index (χ2n) is 7.65. The fourth-order valence-electron chi connectivity index (χ4n) is 3.22. The van der Waals surface area contributed by atoms with Gasteiger partial charge in [0.2, 0.25) is 0 Å². The van der Waals surface area contributed by atoms with E-state index in [0.717, 1.165) is 6.42 Å². The summed E-state index contributed by atoms with van der Waals surface area (Å²) in [6.45, 7) is 3.75. The van der Waals surface area contributed by atoms with Gasteiger partial charge in [0, 0.05) is 31.2 Å². The topological polar surface area (TPSA) is 85.2 Å². The number of rotatable bonds is 8. The number of hydrogen-bond acceptors (Lipinski definition) is 4. The molecule has 2 amide bonds. The molecule has 2 aromatic carbocycles. The normalized spacial score (nSPS) is 11.7. The van der Waals surface area contributed by atoms with Gasteiger partial charge in [-0.1, -0.05) is 36.4 Å². The molecule has 0 spiro atoms. The Hall–Kier alpha value is -3.61. The van der Waals surface area contributed by atoms with Crippen molar-refractivity contribution in [3.05, 3.63) is 83.9 Å². The van der Waals surface area contributed by atoms with Gasteiger partial charge in [-0.05, 0) is 50.5 Å². The number of urea groups is 1. The van der Waals surface area contributed by atoms with Crippen LogP contribution >= 0.6 is 0 Å². The number of anilines is 1. The van der Waals surface area contributed by atoms with Crippen LogP contribution in [-0.4, -0.2) is 27.6 Å². The first-order valence-electron chi connectivity index (χ1n) is 10.3. The van der Waals surface area contributed by atoms with Gasteiger partial charge in [0.05, 0.1) is 5.56 Å². The number of aryl methyl sites for hydroxylation is 2. The average Bonchev–Trinajstić information content (AvgIpc) is 3.17. The van der Waals surface area contributed by atoms with Crippen molar-refractivity contribution in [3.63, 3.8) is 0 Å². The monoisotopic (exact) mass is 420 g/mol. The number of ether oxygens (including phenoxy) is 1. The van der Waals surface area contributed by atoms with E-state index in [2.05, 4.69) is 27.8 Å². The summed E-state index contributed by atoms with van der Waals surface area (Å²) in [5.41, 5.74) is 2.05. The Labute approximate surface area is 182 Å². The largest absolute Gasteiger partial charge is 0.451 e. The molecule has 7 heteroatoms. The summed E-state index contributed by atoms with van der Waals surface area (Å²) in [5.74, 6) is 0.226. The number of amides is 2. The number of nitrogens with zero attached hydrogens (tertiary/aromatic N) is 2. The molecular weight excluding hydrogens is 392 g/mol. The van der Waals surface area contributed by atoms with Crippen LogP contribution in [0.4, 0.5) is 10.5 Å². The molecule has 3 aromatic rings. The smallest absolute Gasteiger partial charge is 0.338 e. The number of hydrogen-bond donors (Lipinski definition) is 2. The van der Waals surface area contributed by atoms with Crippen molar-refractivity contribution >= 4 is 17.7 Å². The van der Waals surface area contributed by atoms with Gasteiger partial charge in [0.15, 0.2) is 6.10 Å². The molecule has 0 radical (unpaired) electrons. The first-order valence-corrected chi connectivity index (χ1v) is 10.3. The zero-order chi connectivity index (χ0) is 22.2. The number of carbonyl (C=O) groups is 2. The van der Waals surface area contributed by atoms with Crippen molar-refractivity contribution in [3.8, 4) is 0 Å². The van der Waals surface area contributed by atoms with E-state index in [1.165, 1.54) is 5.56 Å². The van der Waals surface area contributed by atoms with Gasteiger partial charge in [-0.2, -0.15) is 0 Å². The lowest BCUT2D eigenvalue weighted by molar-refractivity contribution is 0.0249. The minimum atomic E-state index is -0.492. The standard InChI is InChI=1S/C24H28N4O3/c1-17(2)26-24(30)27-20-11-7-10-19(16-20)23(29)31-21(22-25-14-15-28(22)3)13-12-18-8-5-4-6-9-18/h4-11,14-17,21H,12-13H2,1-3H3,(H2,26,27,30). The molecule has 0 aliphatic rings. The second-order valence-corrected chi connectivity index (χ2v) is 7.65. The molecule has 1 heterocycles. The fourth-order valence-corrected chi connectivity index (χ4v) is 3.22. The zero-order valence-electron chi connectivity index (χ0n) is 18.0. The number of aromatic nitrogens is 2. The zero-order valence-corrected chi connectivity index (χ0v) is 18.0. The highest BCUT2D eigenvalue weighted by Crippen LogP contribution is 2.24. The molecule has 1 atom stereocenters. The average molecular weight is 421 g/mol. The van der Waals surface area contributed by atoms with Crippen LogP contribution < -0.4 is 10.6 Å². The highest BCUT2D eigenvalue weighted by molar-refractivity contribution is 5.94. The molecule has 0 aliphatic heterocycles. The van der Waals surface area contributed by atoms with Crippen LogP contribution in [0.2, 0.25) is 0 Å². The van der Waals surface area contributed by atoms with Crippen molar-refractivity contribution in [2.24, 2.45) is 7.05 Å². The van der Waals surface area contributed by atoms with E-state index < -0.39 is 12.1 Å². The summed E-state index contributed by atoms with van der Waals surface area (Å²) >= 11 is 0. The number of esters is 1. The maximum Gasteiger partial charge on any atom is 0.338 e.